The summed E-state index contributed by atoms with van der Waals surface area (Å²) in [4.78, 5) is 24.6. The molecule has 0 saturated heterocycles. The number of rotatable bonds is 2. The van der Waals surface area contributed by atoms with Crippen LogP contribution in [0.5, 0.6) is 0 Å². The maximum absolute atomic E-state index is 11.2. The van der Waals surface area contributed by atoms with Crippen LogP contribution >= 0.6 is 22.6 Å². The first-order chi connectivity index (χ1) is 6.69. The van der Waals surface area contributed by atoms with E-state index in [1.165, 1.54) is 19.3 Å². The van der Waals surface area contributed by atoms with Crippen LogP contribution in [0, 0.1) is 3.57 Å². The minimum absolute atomic E-state index is 0.390. The molecule has 1 rings (SSSR count). The zero-order valence-corrected chi connectivity index (χ0v) is 9.44. The van der Waals surface area contributed by atoms with Gasteiger partial charge in [-0.05, 0) is 40.8 Å². The zero-order valence-electron chi connectivity index (χ0n) is 7.28. The van der Waals surface area contributed by atoms with Gasteiger partial charge in [-0.3, -0.25) is 0 Å². The van der Waals surface area contributed by atoms with Crippen molar-refractivity contribution in [3.05, 3.63) is 27.3 Å². The third-order valence-electron chi connectivity index (χ3n) is 1.53. The molecule has 4 nitrogen and oxygen atoms in total. The van der Waals surface area contributed by atoms with Crippen LogP contribution in [0.2, 0.25) is 0 Å². The number of aliphatic imine (C=N–C) groups is 1. The van der Waals surface area contributed by atoms with Gasteiger partial charge in [-0.15, -0.1) is 0 Å². The van der Waals surface area contributed by atoms with Crippen molar-refractivity contribution < 1.29 is 14.3 Å². The van der Waals surface area contributed by atoms with Gasteiger partial charge in [0, 0.05) is 3.57 Å². The van der Waals surface area contributed by atoms with Crippen molar-refractivity contribution in [1.29, 1.82) is 0 Å². The maximum Gasteiger partial charge on any atom is 0.339 e. The van der Waals surface area contributed by atoms with Crippen molar-refractivity contribution >= 4 is 40.3 Å². The summed E-state index contributed by atoms with van der Waals surface area (Å²) in [7, 11) is 1.30. The number of benzene rings is 1. The van der Waals surface area contributed by atoms with Crippen molar-refractivity contribution in [3.63, 3.8) is 0 Å². The van der Waals surface area contributed by atoms with E-state index >= 15 is 0 Å². The normalized spacial score (nSPS) is 9.00. The fourth-order valence-electron chi connectivity index (χ4n) is 0.902. The molecule has 14 heavy (non-hydrogen) atoms. The molecule has 1 aromatic carbocycles. The number of hydrogen-bond acceptors (Lipinski definition) is 4. The fourth-order valence-corrected chi connectivity index (χ4v) is 1.46. The number of nitrogens with zero attached hydrogens (tertiary/aromatic N) is 1. The molecule has 0 aromatic heterocycles. The van der Waals surface area contributed by atoms with E-state index in [2.05, 4.69) is 9.73 Å². The van der Waals surface area contributed by atoms with Gasteiger partial charge in [0.1, 0.15) is 0 Å². The molecule has 0 saturated carbocycles. The first kappa shape index (κ1) is 10.9. The predicted molar refractivity (Wildman–Crippen MR) is 58.3 cm³/mol. The monoisotopic (exact) mass is 303 g/mol. The van der Waals surface area contributed by atoms with E-state index in [1.807, 2.05) is 22.6 Å². The number of carbonyl (C=O) groups excluding carboxylic acids is 2. The Hall–Kier alpha value is -1.20. The SMILES string of the molecule is COC(=O)c1cc(N=C=O)ccc1I. The average Bonchev–Trinajstić information content (AvgIpc) is 2.20. The largest absolute Gasteiger partial charge is 0.465 e. The van der Waals surface area contributed by atoms with Gasteiger partial charge in [-0.1, -0.05) is 0 Å². The zero-order chi connectivity index (χ0) is 10.6. The van der Waals surface area contributed by atoms with E-state index in [9.17, 15) is 9.59 Å². The number of halogens is 1. The van der Waals surface area contributed by atoms with Crippen LogP contribution in [0.3, 0.4) is 0 Å². The van der Waals surface area contributed by atoms with Gasteiger partial charge < -0.3 is 4.74 Å². The number of carbonyl (C=O) groups is 1. The first-order valence-electron chi connectivity index (χ1n) is 3.64. The lowest BCUT2D eigenvalue weighted by Crippen LogP contribution is -2.03. The van der Waals surface area contributed by atoms with Crippen LogP contribution in [-0.4, -0.2) is 19.2 Å². The topological polar surface area (TPSA) is 55.7 Å². The van der Waals surface area contributed by atoms with Gasteiger partial charge in [-0.25, -0.2) is 9.59 Å². The molecule has 0 fully saturated rings. The number of ether oxygens (including phenoxy) is 1. The number of isocyanates is 1. The third-order valence-corrected chi connectivity index (χ3v) is 2.47. The van der Waals surface area contributed by atoms with E-state index in [1.54, 1.807) is 12.1 Å². The van der Waals surface area contributed by atoms with Crippen LogP contribution in [0.25, 0.3) is 0 Å². The van der Waals surface area contributed by atoms with Crippen LogP contribution in [0.15, 0.2) is 23.2 Å². The summed E-state index contributed by atoms with van der Waals surface area (Å²) in [5.41, 5.74) is 0.783. The summed E-state index contributed by atoms with van der Waals surface area (Å²) in [6.45, 7) is 0. The Morgan fingerprint density at radius 3 is 2.86 bits per heavy atom. The standard InChI is InChI=1S/C9H6INO3/c1-14-9(13)7-4-6(11-5-12)2-3-8(7)10/h2-4H,1H3. The highest BCUT2D eigenvalue weighted by molar-refractivity contribution is 14.1. The molecule has 0 heterocycles. The molecule has 0 radical (unpaired) electrons. The second kappa shape index (κ2) is 4.88. The van der Waals surface area contributed by atoms with Gasteiger partial charge in [0.05, 0.1) is 18.4 Å². The molecule has 0 aliphatic rings. The quantitative estimate of drug-likeness (QED) is 0.364. The van der Waals surface area contributed by atoms with Gasteiger partial charge in [0.2, 0.25) is 6.08 Å². The highest BCUT2D eigenvalue weighted by Crippen LogP contribution is 2.20. The molecule has 0 aliphatic carbocycles. The second-order valence-corrected chi connectivity index (χ2v) is 3.52. The van der Waals surface area contributed by atoms with Crippen LogP contribution in [0.4, 0.5) is 5.69 Å². The molecule has 0 amide bonds. The Bertz CT molecular complexity index is 411. The lowest BCUT2D eigenvalue weighted by atomic mass is 10.2. The molecule has 1 aromatic rings. The lowest BCUT2D eigenvalue weighted by Gasteiger charge is -2.02. The van der Waals surface area contributed by atoms with Gasteiger partial charge >= 0.3 is 5.97 Å². The smallest absolute Gasteiger partial charge is 0.339 e. The van der Waals surface area contributed by atoms with Crippen molar-refractivity contribution in [1.82, 2.24) is 0 Å². The van der Waals surface area contributed by atoms with E-state index in [4.69, 9.17) is 0 Å². The summed E-state index contributed by atoms with van der Waals surface area (Å²) >= 11 is 2.00. The number of hydrogen-bond donors (Lipinski definition) is 0. The molecule has 5 heteroatoms. The Labute approximate surface area is 94.1 Å². The van der Waals surface area contributed by atoms with Crippen molar-refractivity contribution in [2.24, 2.45) is 4.99 Å². The minimum Gasteiger partial charge on any atom is -0.465 e. The molecule has 0 unspecified atom stereocenters. The predicted octanol–water partition coefficient (Wildman–Crippen LogP) is 2.05. The fraction of sp³-hybridized carbons (Fsp3) is 0.111. The summed E-state index contributed by atoms with van der Waals surface area (Å²) in [6, 6.07) is 4.79. The molecule has 0 aliphatic heterocycles. The van der Waals surface area contributed by atoms with Gasteiger partial charge in [0.25, 0.3) is 0 Å². The van der Waals surface area contributed by atoms with Gasteiger partial charge in [-0.2, -0.15) is 4.99 Å². The Kier molecular flexibility index (Phi) is 3.79. The average molecular weight is 303 g/mol. The van der Waals surface area contributed by atoms with E-state index in [0.29, 0.717) is 11.3 Å². The second-order valence-electron chi connectivity index (χ2n) is 2.36. The van der Waals surface area contributed by atoms with E-state index in [-0.39, 0.29) is 0 Å². The van der Waals surface area contributed by atoms with Crippen molar-refractivity contribution in [2.45, 2.75) is 0 Å². The van der Waals surface area contributed by atoms with Crippen LogP contribution in [0.1, 0.15) is 10.4 Å². The summed E-state index contributed by atoms with van der Waals surface area (Å²) < 4.78 is 5.32. The number of esters is 1. The third kappa shape index (κ3) is 2.40. The maximum atomic E-state index is 11.2. The highest BCUT2D eigenvalue weighted by Gasteiger charge is 2.10. The molecule has 0 spiro atoms. The highest BCUT2D eigenvalue weighted by atomic mass is 127. The molecule has 0 N–H and O–H groups in total. The lowest BCUT2D eigenvalue weighted by molar-refractivity contribution is 0.0599. The van der Waals surface area contributed by atoms with Crippen molar-refractivity contribution in [3.8, 4) is 0 Å². The van der Waals surface area contributed by atoms with Crippen LogP contribution in [-0.2, 0) is 9.53 Å². The molecule has 72 valence electrons. The first-order valence-corrected chi connectivity index (χ1v) is 4.72. The Morgan fingerprint density at radius 1 is 1.57 bits per heavy atom. The summed E-state index contributed by atoms with van der Waals surface area (Å²) in [5, 5.41) is 0. The molecule has 0 atom stereocenters. The van der Waals surface area contributed by atoms with Crippen molar-refractivity contribution in [2.75, 3.05) is 7.11 Å². The summed E-state index contributed by atoms with van der Waals surface area (Å²) in [5.74, 6) is -0.447. The molecular weight excluding hydrogens is 297 g/mol. The number of methoxy groups -OCH3 is 1. The minimum atomic E-state index is -0.447. The molecular formula is C9H6INO3. The van der Waals surface area contributed by atoms with Gasteiger partial charge in [0.15, 0.2) is 0 Å². The van der Waals surface area contributed by atoms with Crippen LogP contribution < -0.4 is 0 Å². The Morgan fingerprint density at radius 2 is 2.29 bits per heavy atom. The van der Waals surface area contributed by atoms with E-state index < -0.39 is 5.97 Å². The molecule has 0 bridgehead atoms. The Balaban J connectivity index is 3.20. The summed E-state index contributed by atoms with van der Waals surface area (Å²) in [6.07, 6.45) is 1.41. The van der Waals surface area contributed by atoms with E-state index in [0.717, 1.165) is 3.57 Å².